The molecule has 0 aliphatic heterocycles. The molecule has 0 aromatic heterocycles. The van der Waals surface area contributed by atoms with E-state index in [9.17, 15) is 9.59 Å². The third-order valence-corrected chi connectivity index (χ3v) is 3.57. The Morgan fingerprint density at radius 1 is 0.720 bits per heavy atom. The number of carbonyl (C=O) groups excluding carboxylic acids is 2. The zero-order valence-electron chi connectivity index (χ0n) is 14.4. The average molecular weight is 342 g/mol. The minimum absolute atomic E-state index is 0.193. The summed E-state index contributed by atoms with van der Waals surface area (Å²) in [5.41, 5.74) is 2.82. The molecule has 0 saturated heterocycles. The molecule has 0 unspecified atom stereocenters. The Kier molecular flexibility index (Phi) is 6.83. The van der Waals surface area contributed by atoms with Crippen molar-refractivity contribution in [3.05, 3.63) is 59.7 Å². The lowest BCUT2D eigenvalue weighted by Crippen LogP contribution is -2.11. The number of hydrogen-bond donors (Lipinski definition) is 2. The number of ether oxygens (including phenoxy) is 2. The van der Waals surface area contributed by atoms with Gasteiger partial charge in [0.15, 0.2) is 0 Å². The first-order valence-electron chi connectivity index (χ1n) is 8.04. The average Bonchev–Trinajstić information content (AvgIpc) is 2.67. The molecule has 0 aliphatic rings. The van der Waals surface area contributed by atoms with Crippen molar-refractivity contribution in [3.8, 4) is 0 Å². The molecule has 6 nitrogen and oxygen atoms in total. The Labute approximate surface area is 147 Å². The van der Waals surface area contributed by atoms with Crippen LogP contribution in [0.25, 0.3) is 0 Å². The fourth-order valence-electron chi connectivity index (χ4n) is 2.10. The van der Waals surface area contributed by atoms with Crippen LogP contribution >= 0.6 is 0 Å². The van der Waals surface area contributed by atoms with Gasteiger partial charge in [-0.25, -0.2) is 9.59 Å². The number of esters is 2. The van der Waals surface area contributed by atoms with Crippen molar-refractivity contribution in [1.82, 2.24) is 0 Å². The number of benzene rings is 2. The SMILES string of the molecule is CNc1ccc(C(=O)OCCCOC(=O)c2ccc(NC)cc2)cc1. The molecule has 0 heterocycles. The molecule has 25 heavy (non-hydrogen) atoms. The Hall–Kier alpha value is -3.02. The third kappa shape index (κ3) is 5.53. The van der Waals surface area contributed by atoms with Gasteiger partial charge in [0.05, 0.1) is 24.3 Å². The topological polar surface area (TPSA) is 76.7 Å². The maximum absolute atomic E-state index is 11.9. The predicted molar refractivity (Wildman–Crippen MR) is 97.2 cm³/mol. The summed E-state index contributed by atoms with van der Waals surface area (Å²) in [6.07, 6.45) is 0.445. The Morgan fingerprint density at radius 2 is 1.08 bits per heavy atom. The first-order chi connectivity index (χ1) is 12.1. The van der Waals surface area contributed by atoms with Crippen molar-refractivity contribution in [2.24, 2.45) is 0 Å². The van der Waals surface area contributed by atoms with Crippen LogP contribution in [0.5, 0.6) is 0 Å². The molecular formula is C19H22N2O4. The fraction of sp³-hybridized carbons (Fsp3) is 0.263. The first-order valence-corrected chi connectivity index (χ1v) is 8.04. The van der Waals surface area contributed by atoms with Gasteiger partial charge in [0.2, 0.25) is 0 Å². The van der Waals surface area contributed by atoms with E-state index < -0.39 is 11.9 Å². The lowest BCUT2D eigenvalue weighted by atomic mass is 10.2. The highest BCUT2D eigenvalue weighted by Gasteiger charge is 2.08. The molecular weight excluding hydrogens is 320 g/mol. The van der Waals surface area contributed by atoms with Crippen LogP contribution in [0.4, 0.5) is 11.4 Å². The molecule has 0 radical (unpaired) electrons. The molecule has 0 aliphatic carbocycles. The molecule has 0 atom stereocenters. The Bertz CT molecular complexity index is 635. The summed E-state index contributed by atoms with van der Waals surface area (Å²) in [6, 6.07) is 14.0. The number of anilines is 2. The van der Waals surface area contributed by atoms with Gasteiger partial charge in [-0.2, -0.15) is 0 Å². The second kappa shape index (κ2) is 9.32. The van der Waals surface area contributed by atoms with Crippen molar-refractivity contribution in [2.75, 3.05) is 37.9 Å². The third-order valence-electron chi connectivity index (χ3n) is 3.57. The van der Waals surface area contributed by atoms with Crippen LogP contribution in [0.1, 0.15) is 27.1 Å². The van der Waals surface area contributed by atoms with E-state index in [1.165, 1.54) is 0 Å². The van der Waals surface area contributed by atoms with Crippen LogP contribution < -0.4 is 10.6 Å². The van der Waals surface area contributed by atoms with E-state index >= 15 is 0 Å². The smallest absolute Gasteiger partial charge is 0.338 e. The molecule has 132 valence electrons. The van der Waals surface area contributed by atoms with Gasteiger partial charge in [-0.05, 0) is 48.5 Å². The number of hydrogen-bond acceptors (Lipinski definition) is 6. The maximum Gasteiger partial charge on any atom is 0.338 e. The van der Waals surface area contributed by atoms with E-state index in [0.717, 1.165) is 11.4 Å². The largest absolute Gasteiger partial charge is 0.462 e. The van der Waals surface area contributed by atoms with Crippen LogP contribution in [0.3, 0.4) is 0 Å². The molecule has 2 aromatic rings. The second-order valence-electron chi connectivity index (χ2n) is 5.28. The van der Waals surface area contributed by atoms with Crippen molar-refractivity contribution in [3.63, 3.8) is 0 Å². The molecule has 2 N–H and O–H groups in total. The van der Waals surface area contributed by atoms with Crippen LogP contribution in [0, 0.1) is 0 Å². The molecule has 2 rings (SSSR count). The minimum atomic E-state index is -0.392. The molecule has 0 bridgehead atoms. The number of rotatable bonds is 8. The van der Waals surface area contributed by atoms with Gasteiger partial charge >= 0.3 is 11.9 Å². The molecule has 0 amide bonds. The summed E-state index contributed by atoms with van der Waals surface area (Å²) in [5.74, 6) is -0.784. The standard InChI is InChI=1S/C19H22N2O4/c1-20-16-8-4-14(5-9-16)18(22)24-12-3-13-25-19(23)15-6-10-17(21-2)11-7-15/h4-11,20-21H,3,12-13H2,1-2H3. The highest BCUT2D eigenvalue weighted by atomic mass is 16.5. The molecule has 6 heteroatoms. The van der Waals surface area contributed by atoms with Crippen molar-refractivity contribution < 1.29 is 19.1 Å². The van der Waals surface area contributed by atoms with Gasteiger partial charge in [0, 0.05) is 31.9 Å². The van der Waals surface area contributed by atoms with Crippen molar-refractivity contribution in [2.45, 2.75) is 6.42 Å². The number of nitrogens with one attached hydrogen (secondary N) is 2. The number of carbonyl (C=O) groups is 2. The summed E-state index contributed by atoms with van der Waals surface area (Å²) in [6.45, 7) is 0.386. The molecule has 2 aromatic carbocycles. The highest BCUT2D eigenvalue weighted by Crippen LogP contribution is 2.11. The van der Waals surface area contributed by atoms with Gasteiger partial charge in [-0.1, -0.05) is 0 Å². The highest BCUT2D eigenvalue weighted by molar-refractivity contribution is 5.90. The molecule has 0 saturated carbocycles. The summed E-state index contributed by atoms with van der Waals surface area (Å²) in [7, 11) is 3.62. The van der Waals surface area contributed by atoms with E-state index in [1.54, 1.807) is 48.5 Å². The summed E-state index contributed by atoms with van der Waals surface area (Å²) < 4.78 is 10.3. The van der Waals surface area contributed by atoms with E-state index in [2.05, 4.69) is 10.6 Å². The summed E-state index contributed by atoms with van der Waals surface area (Å²) in [5, 5.41) is 5.96. The monoisotopic (exact) mass is 342 g/mol. The van der Waals surface area contributed by atoms with Crippen LogP contribution in [0.2, 0.25) is 0 Å². The van der Waals surface area contributed by atoms with E-state index in [-0.39, 0.29) is 13.2 Å². The minimum Gasteiger partial charge on any atom is -0.462 e. The molecule has 0 fully saturated rings. The maximum atomic E-state index is 11.9. The molecule has 0 spiro atoms. The summed E-state index contributed by atoms with van der Waals surface area (Å²) in [4.78, 5) is 23.7. The quantitative estimate of drug-likeness (QED) is 0.567. The first kappa shape index (κ1) is 18.3. The predicted octanol–water partition coefficient (Wildman–Crippen LogP) is 3.17. The lowest BCUT2D eigenvalue weighted by Gasteiger charge is -2.07. The second-order valence-corrected chi connectivity index (χ2v) is 5.28. The van der Waals surface area contributed by atoms with Gasteiger partial charge in [0.25, 0.3) is 0 Å². The lowest BCUT2D eigenvalue weighted by molar-refractivity contribution is 0.0396. The van der Waals surface area contributed by atoms with Gasteiger partial charge < -0.3 is 20.1 Å². The van der Waals surface area contributed by atoms with Crippen LogP contribution in [-0.2, 0) is 9.47 Å². The van der Waals surface area contributed by atoms with Gasteiger partial charge in [-0.3, -0.25) is 0 Å². The van der Waals surface area contributed by atoms with Crippen molar-refractivity contribution >= 4 is 23.3 Å². The van der Waals surface area contributed by atoms with E-state index in [0.29, 0.717) is 17.5 Å². The zero-order valence-corrected chi connectivity index (χ0v) is 14.4. The van der Waals surface area contributed by atoms with Crippen molar-refractivity contribution in [1.29, 1.82) is 0 Å². The Balaban J connectivity index is 1.68. The van der Waals surface area contributed by atoms with Gasteiger partial charge in [-0.15, -0.1) is 0 Å². The van der Waals surface area contributed by atoms with E-state index in [4.69, 9.17) is 9.47 Å². The van der Waals surface area contributed by atoms with Crippen LogP contribution in [-0.4, -0.2) is 39.2 Å². The Morgan fingerprint density at radius 3 is 1.40 bits per heavy atom. The summed E-state index contributed by atoms with van der Waals surface area (Å²) >= 11 is 0. The van der Waals surface area contributed by atoms with Crippen LogP contribution in [0.15, 0.2) is 48.5 Å². The zero-order chi connectivity index (χ0) is 18.1. The van der Waals surface area contributed by atoms with Gasteiger partial charge in [0.1, 0.15) is 0 Å². The van der Waals surface area contributed by atoms with E-state index in [1.807, 2.05) is 14.1 Å². The normalized spacial score (nSPS) is 10.0. The fourth-order valence-corrected chi connectivity index (χ4v) is 2.10.